The second-order valence-corrected chi connectivity index (χ2v) is 4.84. The predicted molar refractivity (Wildman–Crippen MR) is 74.0 cm³/mol. The quantitative estimate of drug-likeness (QED) is 0.778. The maximum absolute atomic E-state index is 10.4. The van der Waals surface area contributed by atoms with Crippen LogP contribution in [-0.4, -0.2) is 29.6 Å². The van der Waals surface area contributed by atoms with Gasteiger partial charge in [-0.05, 0) is 38.6 Å². The standard InChI is InChI=1S/C15H19NO3/c1-16(9-5-4-8-15(17)18)11-13-10-12-6-2-3-7-14(12)19-13/h2-3,6-7,10H,4-5,8-9,11H2,1H3,(H,17,18). The molecule has 0 amide bonds. The molecule has 0 unspecified atom stereocenters. The summed E-state index contributed by atoms with van der Waals surface area (Å²) >= 11 is 0. The average Bonchev–Trinajstić information content (AvgIpc) is 2.76. The minimum atomic E-state index is -0.722. The number of carboxylic acid groups (broad SMARTS) is 1. The Kier molecular flexibility index (Phi) is 4.58. The average molecular weight is 261 g/mol. The van der Waals surface area contributed by atoms with Crippen LogP contribution in [0.4, 0.5) is 0 Å². The number of carbonyl (C=O) groups is 1. The van der Waals surface area contributed by atoms with Gasteiger partial charge >= 0.3 is 5.97 Å². The number of rotatable bonds is 7. The number of hydrogen-bond donors (Lipinski definition) is 1. The lowest BCUT2D eigenvalue weighted by molar-refractivity contribution is -0.137. The van der Waals surface area contributed by atoms with Crippen LogP contribution in [0.25, 0.3) is 11.0 Å². The molecule has 2 rings (SSSR count). The highest BCUT2D eigenvalue weighted by Gasteiger charge is 2.06. The van der Waals surface area contributed by atoms with Crippen molar-refractivity contribution in [2.24, 2.45) is 0 Å². The van der Waals surface area contributed by atoms with Gasteiger partial charge in [-0.2, -0.15) is 0 Å². The number of para-hydroxylation sites is 1. The fraction of sp³-hybridized carbons (Fsp3) is 0.400. The van der Waals surface area contributed by atoms with Crippen LogP contribution < -0.4 is 0 Å². The lowest BCUT2D eigenvalue weighted by Crippen LogP contribution is -2.18. The molecule has 0 saturated carbocycles. The van der Waals surface area contributed by atoms with E-state index in [2.05, 4.69) is 11.0 Å². The number of fused-ring (bicyclic) bond motifs is 1. The summed E-state index contributed by atoms with van der Waals surface area (Å²) in [6.07, 6.45) is 1.86. The molecule has 2 aromatic rings. The Labute approximate surface area is 112 Å². The van der Waals surface area contributed by atoms with E-state index >= 15 is 0 Å². The number of carboxylic acids is 1. The minimum absolute atomic E-state index is 0.248. The monoisotopic (exact) mass is 261 g/mol. The summed E-state index contributed by atoms with van der Waals surface area (Å²) in [7, 11) is 2.02. The summed E-state index contributed by atoms with van der Waals surface area (Å²) < 4.78 is 5.75. The molecule has 0 aliphatic carbocycles. The zero-order valence-electron chi connectivity index (χ0n) is 11.1. The summed E-state index contributed by atoms with van der Waals surface area (Å²) in [5, 5.41) is 9.69. The summed E-state index contributed by atoms with van der Waals surface area (Å²) in [5.41, 5.74) is 0.914. The largest absolute Gasteiger partial charge is 0.481 e. The molecule has 1 aromatic heterocycles. The van der Waals surface area contributed by atoms with Crippen LogP contribution in [0.3, 0.4) is 0 Å². The number of nitrogens with zero attached hydrogens (tertiary/aromatic N) is 1. The number of furan rings is 1. The van der Waals surface area contributed by atoms with Crippen molar-refractivity contribution in [1.29, 1.82) is 0 Å². The molecule has 1 N–H and O–H groups in total. The smallest absolute Gasteiger partial charge is 0.303 e. The Balaban J connectivity index is 1.81. The third-order valence-electron chi connectivity index (χ3n) is 3.08. The number of benzene rings is 1. The zero-order chi connectivity index (χ0) is 13.7. The van der Waals surface area contributed by atoms with Crippen molar-refractivity contribution in [3.63, 3.8) is 0 Å². The van der Waals surface area contributed by atoms with Gasteiger partial charge in [-0.25, -0.2) is 0 Å². The van der Waals surface area contributed by atoms with Gasteiger partial charge in [0.15, 0.2) is 0 Å². The van der Waals surface area contributed by atoms with Crippen molar-refractivity contribution in [1.82, 2.24) is 4.90 Å². The van der Waals surface area contributed by atoms with Gasteiger partial charge in [-0.1, -0.05) is 18.2 Å². The van der Waals surface area contributed by atoms with E-state index in [0.717, 1.165) is 42.7 Å². The molecule has 1 heterocycles. The minimum Gasteiger partial charge on any atom is -0.481 e. The van der Waals surface area contributed by atoms with E-state index in [4.69, 9.17) is 9.52 Å². The van der Waals surface area contributed by atoms with E-state index < -0.39 is 5.97 Å². The van der Waals surface area contributed by atoms with Crippen molar-refractivity contribution in [2.45, 2.75) is 25.8 Å². The van der Waals surface area contributed by atoms with Gasteiger partial charge < -0.3 is 9.52 Å². The Morgan fingerprint density at radius 1 is 1.32 bits per heavy atom. The molecular weight excluding hydrogens is 242 g/mol. The van der Waals surface area contributed by atoms with Gasteiger partial charge in [0.25, 0.3) is 0 Å². The maximum Gasteiger partial charge on any atom is 0.303 e. The van der Waals surface area contributed by atoms with Gasteiger partial charge in [-0.3, -0.25) is 9.69 Å². The molecular formula is C15H19NO3. The first-order valence-electron chi connectivity index (χ1n) is 6.53. The lowest BCUT2D eigenvalue weighted by Gasteiger charge is -2.14. The molecule has 0 aliphatic rings. The highest BCUT2D eigenvalue weighted by atomic mass is 16.4. The molecule has 0 atom stereocenters. The van der Waals surface area contributed by atoms with Crippen LogP contribution in [0.1, 0.15) is 25.0 Å². The fourth-order valence-electron chi connectivity index (χ4n) is 2.12. The van der Waals surface area contributed by atoms with Crippen molar-refractivity contribution in [3.8, 4) is 0 Å². The summed E-state index contributed by atoms with van der Waals surface area (Å²) in [5.74, 6) is 0.224. The number of hydrogen-bond acceptors (Lipinski definition) is 3. The van der Waals surface area contributed by atoms with Gasteiger partial charge in [0.1, 0.15) is 11.3 Å². The maximum atomic E-state index is 10.4. The molecule has 0 aliphatic heterocycles. The molecule has 0 bridgehead atoms. The first-order chi connectivity index (χ1) is 9.15. The topological polar surface area (TPSA) is 53.7 Å². The van der Waals surface area contributed by atoms with Crippen LogP contribution in [-0.2, 0) is 11.3 Å². The fourth-order valence-corrected chi connectivity index (χ4v) is 2.12. The van der Waals surface area contributed by atoms with E-state index in [1.807, 2.05) is 31.3 Å². The highest BCUT2D eigenvalue weighted by molar-refractivity contribution is 5.77. The van der Waals surface area contributed by atoms with Crippen LogP contribution in [0.2, 0.25) is 0 Å². The molecule has 4 heteroatoms. The van der Waals surface area contributed by atoms with E-state index in [9.17, 15) is 4.79 Å². The van der Waals surface area contributed by atoms with E-state index in [-0.39, 0.29) is 6.42 Å². The number of aliphatic carboxylic acids is 1. The van der Waals surface area contributed by atoms with E-state index in [0.29, 0.717) is 0 Å². The highest BCUT2D eigenvalue weighted by Crippen LogP contribution is 2.19. The third-order valence-corrected chi connectivity index (χ3v) is 3.08. The van der Waals surface area contributed by atoms with Gasteiger partial charge in [0, 0.05) is 11.8 Å². The van der Waals surface area contributed by atoms with Crippen LogP contribution >= 0.6 is 0 Å². The molecule has 0 fully saturated rings. The normalized spacial score (nSPS) is 11.3. The SMILES string of the molecule is CN(CCCCC(=O)O)Cc1cc2ccccc2o1. The van der Waals surface area contributed by atoms with Crippen molar-refractivity contribution in [3.05, 3.63) is 36.1 Å². The van der Waals surface area contributed by atoms with Crippen LogP contribution in [0, 0.1) is 0 Å². The molecule has 19 heavy (non-hydrogen) atoms. The van der Waals surface area contributed by atoms with Gasteiger partial charge in [0.2, 0.25) is 0 Å². The first-order valence-corrected chi connectivity index (χ1v) is 6.53. The van der Waals surface area contributed by atoms with Crippen LogP contribution in [0.5, 0.6) is 0 Å². The molecule has 0 radical (unpaired) electrons. The summed E-state index contributed by atoms with van der Waals surface area (Å²) in [6, 6.07) is 10.0. The Bertz CT molecular complexity index is 514. The van der Waals surface area contributed by atoms with Gasteiger partial charge in [0.05, 0.1) is 6.54 Å². The third kappa shape index (κ3) is 4.10. The molecule has 4 nitrogen and oxygen atoms in total. The molecule has 0 spiro atoms. The second-order valence-electron chi connectivity index (χ2n) is 4.84. The number of unbranched alkanes of at least 4 members (excludes halogenated alkanes) is 1. The molecule has 102 valence electrons. The van der Waals surface area contributed by atoms with Crippen LogP contribution in [0.15, 0.2) is 34.7 Å². The Morgan fingerprint density at radius 3 is 2.84 bits per heavy atom. The summed E-state index contributed by atoms with van der Waals surface area (Å²) in [4.78, 5) is 12.6. The lowest BCUT2D eigenvalue weighted by atomic mass is 10.2. The Morgan fingerprint density at radius 2 is 2.11 bits per heavy atom. The second kappa shape index (κ2) is 6.38. The summed E-state index contributed by atoms with van der Waals surface area (Å²) in [6.45, 7) is 1.63. The zero-order valence-corrected chi connectivity index (χ0v) is 11.1. The van der Waals surface area contributed by atoms with E-state index in [1.54, 1.807) is 0 Å². The van der Waals surface area contributed by atoms with Crippen molar-refractivity contribution >= 4 is 16.9 Å². The Hall–Kier alpha value is -1.81. The van der Waals surface area contributed by atoms with Gasteiger partial charge in [-0.15, -0.1) is 0 Å². The predicted octanol–water partition coefficient (Wildman–Crippen LogP) is 3.12. The van der Waals surface area contributed by atoms with Crippen molar-refractivity contribution in [2.75, 3.05) is 13.6 Å². The first kappa shape index (κ1) is 13.6. The van der Waals surface area contributed by atoms with Crippen molar-refractivity contribution < 1.29 is 14.3 Å². The van der Waals surface area contributed by atoms with E-state index in [1.165, 1.54) is 0 Å². The molecule has 0 saturated heterocycles. The molecule has 1 aromatic carbocycles.